The highest BCUT2D eigenvalue weighted by Crippen LogP contribution is 2.29. The zero-order chi connectivity index (χ0) is 14.8. The molecule has 1 unspecified atom stereocenters. The molecule has 1 aromatic rings. The first kappa shape index (κ1) is 14.3. The first-order valence-corrected chi connectivity index (χ1v) is 6.31. The highest BCUT2D eigenvalue weighted by molar-refractivity contribution is 5.98. The number of amides is 1. The van der Waals surface area contributed by atoms with Crippen molar-refractivity contribution in [3.63, 3.8) is 0 Å². The molecule has 7 heteroatoms. The number of phenolic OH excluding ortho intramolecular Hbond substituents is 1. The van der Waals surface area contributed by atoms with Crippen LogP contribution in [0.3, 0.4) is 0 Å². The Balaban J connectivity index is 2.09. The Bertz CT molecular complexity index is 538. The second kappa shape index (κ2) is 5.46. The average molecular weight is 280 g/mol. The Hall–Kier alpha value is -2.15. The monoisotopic (exact) mass is 280 g/mol. The largest absolute Gasteiger partial charge is 0.502 e. The molecule has 1 atom stereocenters. The van der Waals surface area contributed by atoms with Gasteiger partial charge < -0.3 is 15.2 Å². The summed E-state index contributed by atoms with van der Waals surface area (Å²) >= 11 is 0. The number of aromatic hydroxyl groups is 1. The van der Waals surface area contributed by atoms with Gasteiger partial charge in [0, 0.05) is 19.2 Å². The fourth-order valence-corrected chi connectivity index (χ4v) is 2.20. The summed E-state index contributed by atoms with van der Waals surface area (Å²) in [7, 11) is 0. The summed E-state index contributed by atoms with van der Waals surface area (Å²) in [5.41, 5.74) is -1.01. The maximum absolute atomic E-state index is 12.0. The number of ether oxygens (including phenoxy) is 1. The Kier molecular flexibility index (Phi) is 3.89. The molecule has 7 nitrogen and oxygen atoms in total. The van der Waals surface area contributed by atoms with E-state index in [4.69, 9.17) is 4.74 Å². The molecule has 2 rings (SSSR count). The minimum atomic E-state index is -0.729. The topological polar surface area (TPSA) is 102 Å². The maximum atomic E-state index is 12.0. The van der Waals surface area contributed by atoms with Crippen molar-refractivity contribution in [3.05, 3.63) is 33.9 Å². The van der Waals surface area contributed by atoms with Crippen LogP contribution in [0.2, 0.25) is 0 Å². The average Bonchev–Trinajstić information content (AvgIpc) is 2.83. The molecule has 1 heterocycles. The molecule has 0 saturated carbocycles. The van der Waals surface area contributed by atoms with Gasteiger partial charge in [0.2, 0.25) is 5.75 Å². The second-order valence-electron chi connectivity index (χ2n) is 5.02. The fraction of sp³-hybridized carbons (Fsp3) is 0.462. The molecular formula is C13H16N2O5. The molecule has 2 N–H and O–H groups in total. The van der Waals surface area contributed by atoms with Gasteiger partial charge in [-0.2, -0.15) is 0 Å². The van der Waals surface area contributed by atoms with Crippen LogP contribution in [0.25, 0.3) is 0 Å². The van der Waals surface area contributed by atoms with Crippen LogP contribution in [-0.4, -0.2) is 34.7 Å². The minimum absolute atomic E-state index is 0.110. The van der Waals surface area contributed by atoms with E-state index in [0.717, 1.165) is 18.9 Å². The van der Waals surface area contributed by atoms with Crippen molar-refractivity contribution in [2.75, 3.05) is 13.2 Å². The molecule has 1 aliphatic heterocycles. The number of carbonyl (C=O) groups is 1. The molecule has 0 aliphatic carbocycles. The zero-order valence-corrected chi connectivity index (χ0v) is 11.1. The Morgan fingerprint density at radius 1 is 1.60 bits per heavy atom. The summed E-state index contributed by atoms with van der Waals surface area (Å²) in [4.78, 5) is 22.0. The molecule has 0 bridgehead atoms. The van der Waals surface area contributed by atoms with E-state index < -0.39 is 27.9 Å². The number of nitrogens with zero attached hydrogens (tertiary/aromatic N) is 1. The lowest BCUT2D eigenvalue weighted by molar-refractivity contribution is -0.385. The molecule has 108 valence electrons. The molecule has 1 aliphatic rings. The third kappa shape index (κ3) is 2.88. The quantitative estimate of drug-likeness (QED) is 0.644. The summed E-state index contributed by atoms with van der Waals surface area (Å²) in [5.74, 6) is -1.17. The Morgan fingerprint density at radius 2 is 2.35 bits per heavy atom. The lowest BCUT2D eigenvalue weighted by Gasteiger charge is -2.23. The maximum Gasteiger partial charge on any atom is 0.311 e. The number of nitro groups is 1. The van der Waals surface area contributed by atoms with Gasteiger partial charge in [0.1, 0.15) is 0 Å². The van der Waals surface area contributed by atoms with E-state index in [1.807, 2.05) is 6.92 Å². The van der Waals surface area contributed by atoms with Crippen LogP contribution in [-0.2, 0) is 4.74 Å². The van der Waals surface area contributed by atoms with E-state index in [1.54, 1.807) is 0 Å². The van der Waals surface area contributed by atoms with Crippen molar-refractivity contribution in [2.45, 2.75) is 25.4 Å². The predicted molar refractivity (Wildman–Crippen MR) is 70.7 cm³/mol. The number of phenols is 1. The summed E-state index contributed by atoms with van der Waals surface area (Å²) < 4.78 is 5.53. The van der Waals surface area contributed by atoms with Crippen LogP contribution < -0.4 is 5.32 Å². The standard InChI is InChI=1S/C13H16N2O5/c1-13(6-3-7-20-13)8-14-12(17)9-4-2-5-10(11(9)16)15(18)19/h2,4-5,16H,3,6-8H2,1H3,(H,14,17). The van der Waals surface area contributed by atoms with Crippen LogP contribution in [0.5, 0.6) is 5.75 Å². The van der Waals surface area contributed by atoms with Gasteiger partial charge in [-0.25, -0.2) is 0 Å². The SMILES string of the molecule is CC1(CNC(=O)c2cccc([N+](=O)[O-])c2O)CCCO1. The summed E-state index contributed by atoms with van der Waals surface area (Å²) in [5, 5.41) is 23.1. The van der Waals surface area contributed by atoms with Gasteiger partial charge in [0.05, 0.1) is 16.1 Å². The summed E-state index contributed by atoms with van der Waals surface area (Å²) in [6.07, 6.45) is 1.78. The third-order valence-electron chi connectivity index (χ3n) is 3.38. The summed E-state index contributed by atoms with van der Waals surface area (Å²) in [6.45, 7) is 2.86. The molecular weight excluding hydrogens is 264 g/mol. The van der Waals surface area contributed by atoms with Crippen LogP contribution in [0.1, 0.15) is 30.1 Å². The number of nitrogens with one attached hydrogen (secondary N) is 1. The minimum Gasteiger partial charge on any atom is -0.502 e. The Morgan fingerprint density at radius 3 is 2.95 bits per heavy atom. The number of carbonyl (C=O) groups excluding carboxylic acids is 1. The van der Waals surface area contributed by atoms with Crippen LogP contribution >= 0.6 is 0 Å². The van der Waals surface area contributed by atoms with Crippen molar-refractivity contribution in [1.82, 2.24) is 5.32 Å². The highest BCUT2D eigenvalue weighted by Gasteiger charge is 2.30. The molecule has 1 amide bonds. The molecule has 0 radical (unpaired) electrons. The van der Waals surface area contributed by atoms with Crippen molar-refractivity contribution in [1.29, 1.82) is 0 Å². The lowest BCUT2D eigenvalue weighted by Crippen LogP contribution is -2.40. The van der Waals surface area contributed by atoms with E-state index in [1.165, 1.54) is 12.1 Å². The van der Waals surface area contributed by atoms with Crippen molar-refractivity contribution < 1.29 is 19.6 Å². The first-order valence-electron chi connectivity index (χ1n) is 6.31. The zero-order valence-electron chi connectivity index (χ0n) is 11.1. The van der Waals surface area contributed by atoms with Crippen molar-refractivity contribution in [3.8, 4) is 5.75 Å². The lowest BCUT2D eigenvalue weighted by atomic mass is 10.0. The fourth-order valence-electron chi connectivity index (χ4n) is 2.20. The number of benzene rings is 1. The normalized spacial score (nSPS) is 21.6. The van der Waals surface area contributed by atoms with Crippen LogP contribution in [0.4, 0.5) is 5.69 Å². The molecule has 1 fully saturated rings. The van der Waals surface area contributed by atoms with E-state index in [9.17, 15) is 20.0 Å². The van der Waals surface area contributed by atoms with E-state index in [2.05, 4.69) is 5.32 Å². The first-order chi connectivity index (χ1) is 9.43. The van der Waals surface area contributed by atoms with Gasteiger partial charge in [-0.05, 0) is 25.8 Å². The number of hydrogen-bond acceptors (Lipinski definition) is 5. The van der Waals surface area contributed by atoms with Gasteiger partial charge in [0.15, 0.2) is 0 Å². The summed E-state index contributed by atoms with van der Waals surface area (Å²) in [6, 6.07) is 3.85. The highest BCUT2D eigenvalue weighted by atomic mass is 16.6. The van der Waals surface area contributed by atoms with E-state index >= 15 is 0 Å². The van der Waals surface area contributed by atoms with Gasteiger partial charge in [0.25, 0.3) is 5.91 Å². The molecule has 0 aromatic heterocycles. The van der Waals surface area contributed by atoms with Gasteiger partial charge in [-0.1, -0.05) is 6.07 Å². The van der Waals surface area contributed by atoms with Crippen LogP contribution in [0, 0.1) is 10.1 Å². The van der Waals surface area contributed by atoms with Gasteiger partial charge in [-0.15, -0.1) is 0 Å². The predicted octanol–water partition coefficient (Wildman–Crippen LogP) is 1.60. The van der Waals surface area contributed by atoms with E-state index in [0.29, 0.717) is 13.2 Å². The molecule has 1 saturated heterocycles. The number of nitro benzene ring substituents is 1. The van der Waals surface area contributed by atoms with Crippen molar-refractivity contribution in [2.24, 2.45) is 0 Å². The second-order valence-corrected chi connectivity index (χ2v) is 5.02. The molecule has 20 heavy (non-hydrogen) atoms. The molecule has 1 aromatic carbocycles. The number of rotatable bonds is 4. The van der Waals surface area contributed by atoms with Gasteiger partial charge >= 0.3 is 5.69 Å². The number of para-hydroxylation sites is 1. The molecule has 0 spiro atoms. The van der Waals surface area contributed by atoms with Crippen molar-refractivity contribution >= 4 is 11.6 Å². The van der Waals surface area contributed by atoms with Gasteiger partial charge in [-0.3, -0.25) is 14.9 Å². The smallest absolute Gasteiger partial charge is 0.311 e. The number of hydrogen-bond donors (Lipinski definition) is 2. The third-order valence-corrected chi connectivity index (χ3v) is 3.38. The Labute approximate surface area is 115 Å². The van der Waals surface area contributed by atoms with E-state index in [-0.39, 0.29) is 5.56 Å². The van der Waals surface area contributed by atoms with Crippen LogP contribution in [0.15, 0.2) is 18.2 Å².